The summed E-state index contributed by atoms with van der Waals surface area (Å²) in [6.07, 6.45) is 2.32. The van der Waals surface area contributed by atoms with Crippen LogP contribution in [0, 0.1) is 17.0 Å². The molecule has 4 heteroatoms. The molecule has 0 aliphatic heterocycles. The molecule has 14 heavy (non-hydrogen) atoms. The predicted molar refractivity (Wildman–Crippen MR) is 53.8 cm³/mol. The molecule has 0 saturated carbocycles. The maximum Gasteiger partial charge on any atom is 0.235 e. The number of rotatable bonds is 3. The smallest absolute Gasteiger partial charge is 0.235 e. The third kappa shape index (κ3) is 2.32. The summed E-state index contributed by atoms with van der Waals surface area (Å²) < 4.78 is 5.13. The van der Waals surface area contributed by atoms with E-state index in [1.165, 1.54) is 6.08 Å². The van der Waals surface area contributed by atoms with E-state index in [1.54, 1.807) is 13.2 Å². The van der Waals surface area contributed by atoms with Gasteiger partial charge in [-0.05, 0) is 12.5 Å². The third-order valence-corrected chi connectivity index (χ3v) is 1.82. The summed E-state index contributed by atoms with van der Waals surface area (Å²) >= 11 is 0. The molecule has 0 aromatic heterocycles. The molecule has 0 heterocycles. The van der Waals surface area contributed by atoms with E-state index in [1.807, 2.05) is 19.1 Å². The van der Waals surface area contributed by atoms with E-state index < -0.39 is 4.92 Å². The number of nitrogens with zero attached hydrogens (tertiary/aromatic N) is 1. The third-order valence-electron chi connectivity index (χ3n) is 1.82. The van der Waals surface area contributed by atoms with Gasteiger partial charge < -0.3 is 4.74 Å². The molecular formula is C10H11NO3. The number of para-hydroxylation sites is 1. The monoisotopic (exact) mass is 193 g/mol. The molecule has 0 unspecified atom stereocenters. The van der Waals surface area contributed by atoms with Gasteiger partial charge in [0.25, 0.3) is 0 Å². The summed E-state index contributed by atoms with van der Waals surface area (Å²) in [5.74, 6) is 0.672. The van der Waals surface area contributed by atoms with Crippen LogP contribution < -0.4 is 4.74 Å². The molecule has 0 N–H and O–H groups in total. The first kappa shape index (κ1) is 10.2. The van der Waals surface area contributed by atoms with Gasteiger partial charge >= 0.3 is 0 Å². The average Bonchev–Trinajstić information content (AvgIpc) is 2.14. The zero-order valence-electron chi connectivity index (χ0n) is 8.06. The Bertz CT molecular complexity index is 372. The molecule has 0 amide bonds. The Labute approximate surface area is 82.0 Å². The van der Waals surface area contributed by atoms with Crippen LogP contribution in [-0.2, 0) is 0 Å². The van der Waals surface area contributed by atoms with E-state index >= 15 is 0 Å². The fraction of sp³-hybridized carbons (Fsp3) is 0.200. The first-order valence-electron chi connectivity index (χ1n) is 4.10. The Hall–Kier alpha value is -1.84. The highest BCUT2D eigenvalue weighted by molar-refractivity contribution is 5.58. The van der Waals surface area contributed by atoms with Crippen molar-refractivity contribution in [1.82, 2.24) is 0 Å². The molecule has 0 radical (unpaired) electrons. The van der Waals surface area contributed by atoms with E-state index in [0.29, 0.717) is 11.3 Å². The van der Waals surface area contributed by atoms with Gasteiger partial charge in [0.15, 0.2) is 0 Å². The highest BCUT2D eigenvalue weighted by Crippen LogP contribution is 2.23. The van der Waals surface area contributed by atoms with Gasteiger partial charge in [0.2, 0.25) is 6.20 Å². The number of aryl methyl sites for hydroxylation is 1. The normalized spacial score (nSPS) is 10.4. The second-order valence-electron chi connectivity index (χ2n) is 2.80. The molecule has 0 fully saturated rings. The lowest BCUT2D eigenvalue weighted by molar-refractivity contribution is -0.400. The van der Waals surface area contributed by atoms with Crippen molar-refractivity contribution in [3.63, 3.8) is 0 Å². The van der Waals surface area contributed by atoms with E-state index in [0.717, 1.165) is 11.8 Å². The Morgan fingerprint density at radius 1 is 1.50 bits per heavy atom. The Kier molecular flexibility index (Phi) is 3.23. The molecule has 4 nitrogen and oxygen atoms in total. The number of hydrogen-bond donors (Lipinski definition) is 0. The van der Waals surface area contributed by atoms with Crippen LogP contribution in [0.15, 0.2) is 24.4 Å². The van der Waals surface area contributed by atoms with Crippen molar-refractivity contribution in [2.75, 3.05) is 7.11 Å². The SMILES string of the molecule is COc1c(C)cccc1/C=C/[N+](=O)[O-]. The summed E-state index contributed by atoms with van der Waals surface area (Å²) in [5.41, 5.74) is 1.67. The maximum absolute atomic E-state index is 10.1. The molecule has 0 saturated heterocycles. The van der Waals surface area contributed by atoms with Crippen LogP contribution in [0.4, 0.5) is 0 Å². The lowest BCUT2D eigenvalue weighted by atomic mass is 10.1. The van der Waals surface area contributed by atoms with Gasteiger partial charge in [-0.3, -0.25) is 10.1 Å². The van der Waals surface area contributed by atoms with Gasteiger partial charge in [-0.1, -0.05) is 18.2 Å². The Morgan fingerprint density at radius 2 is 2.21 bits per heavy atom. The molecule has 0 atom stereocenters. The number of hydrogen-bond acceptors (Lipinski definition) is 3. The highest BCUT2D eigenvalue weighted by atomic mass is 16.6. The molecule has 0 spiro atoms. The van der Waals surface area contributed by atoms with Crippen molar-refractivity contribution in [3.05, 3.63) is 45.6 Å². The zero-order valence-corrected chi connectivity index (χ0v) is 8.06. The van der Waals surface area contributed by atoms with Gasteiger partial charge in [0, 0.05) is 11.6 Å². The first-order valence-corrected chi connectivity index (χ1v) is 4.10. The molecule has 0 aliphatic carbocycles. The number of methoxy groups -OCH3 is 1. The fourth-order valence-electron chi connectivity index (χ4n) is 1.23. The van der Waals surface area contributed by atoms with Crippen molar-refractivity contribution < 1.29 is 9.66 Å². The van der Waals surface area contributed by atoms with E-state index in [-0.39, 0.29) is 0 Å². The van der Waals surface area contributed by atoms with Crippen LogP contribution in [-0.4, -0.2) is 12.0 Å². The van der Waals surface area contributed by atoms with Gasteiger partial charge in [0.1, 0.15) is 5.75 Å². The number of benzene rings is 1. The molecule has 1 aromatic rings. The van der Waals surface area contributed by atoms with E-state index in [9.17, 15) is 10.1 Å². The van der Waals surface area contributed by atoms with Crippen LogP contribution >= 0.6 is 0 Å². The average molecular weight is 193 g/mol. The highest BCUT2D eigenvalue weighted by Gasteiger charge is 2.03. The molecule has 0 bridgehead atoms. The van der Waals surface area contributed by atoms with Crippen molar-refractivity contribution in [3.8, 4) is 5.75 Å². The zero-order chi connectivity index (χ0) is 10.6. The van der Waals surface area contributed by atoms with Crippen LogP contribution in [0.3, 0.4) is 0 Å². The second-order valence-corrected chi connectivity index (χ2v) is 2.80. The summed E-state index contributed by atoms with van der Waals surface area (Å²) in [5, 5.41) is 10.1. The van der Waals surface area contributed by atoms with Crippen LogP contribution in [0.1, 0.15) is 11.1 Å². The molecule has 1 aromatic carbocycles. The Morgan fingerprint density at radius 3 is 2.79 bits per heavy atom. The quantitative estimate of drug-likeness (QED) is 0.546. The lowest BCUT2D eigenvalue weighted by Gasteiger charge is -2.06. The number of nitro groups is 1. The second kappa shape index (κ2) is 4.41. The topological polar surface area (TPSA) is 52.4 Å². The lowest BCUT2D eigenvalue weighted by Crippen LogP contribution is -1.91. The fourth-order valence-corrected chi connectivity index (χ4v) is 1.23. The van der Waals surface area contributed by atoms with Crippen molar-refractivity contribution in [2.45, 2.75) is 6.92 Å². The van der Waals surface area contributed by atoms with Crippen LogP contribution in [0.25, 0.3) is 6.08 Å². The van der Waals surface area contributed by atoms with Crippen molar-refractivity contribution in [1.29, 1.82) is 0 Å². The summed E-state index contributed by atoms with van der Waals surface area (Å²) in [6.45, 7) is 1.89. The minimum absolute atomic E-state index is 0.498. The van der Waals surface area contributed by atoms with Gasteiger partial charge in [-0.2, -0.15) is 0 Å². The van der Waals surface area contributed by atoms with Crippen LogP contribution in [0.2, 0.25) is 0 Å². The van der Waals surface area contributed by atoms with Crippen molar-refractivity contribution >= 4 is 6.08 Å². The summed E-state index contributed by atoms with van der Waals surface area (Å²) in [7, 11) is 1.55. The predicted octanol–water partition coefficient (Wildman–Crippen LogP) is 2.25. The molecule has 1 rings (SSSR count). The van der Waals surface area contributed by atoms with E-state index in [2.05, 4.69) is 0 Å². The van der Waals surface area contributed by atoms with Gasteiger partial charge in [-0.25, -0.2) is 0 Å². The van der Waals surface area contributed by atoms with Crippen LogP contribution in [0.5, 0.6) is 5.75 Å². The van der Waals surface area contributed by atoms with Gasteiger partial charge in [0.05, 0.1) is 12.0 Å². The minimum atomic E-state index is -0.498. The van der Waals surface area contributed by atoms with E-state index in [4.69, 9.17) is 4.74 Å². The molecule has 74 valence electrons. The maximum atomic E-state index is 10.1. The summed E-state index contributed by atoms with van der Waals surface area (Å²) in [6, 6.07) is 5.49. The standard InChI is InChI=1S/C10H11NO3/c1-8-4-3-5-9(10(8)14-2)6-7-11(12)13/h3-7H,1-2H3/b7-6+. The number of ether oxygens (including phenoxy) is 1. The molecule has 0 aliphatic rings. The minimum Gasteiger partial charge on any atom is -0.496 e. The molecular weight excluding hydrogens is 182 g/mol. The summed E-state index contributed by atoms with van der Waals surface area (Å²) in [4.78, 5) is 9.64. The van der Waals surface area contributed by atoms with Crippen molar-refractivity contribution in [2.24, 2.45) is 0 Å². The van der Waals surface area contributed by atoms with Gasteiger partial charge in [-0.15, -0.1) is 0 Å². The first-order chi connectivity index (χ1) is 6.65. The Balaban J connectivity index is 3.08. The largest absolute Gasteiger partial charge is 0.496 e.